The monoisotopic (exact) mass is 226 g/mol. The molecule has 0 bridgehead atoms. The van der Waals surface area contributed by atoms with Crippen LogP contribution in [-0.2, 0) is 14.3 Å². The molecule has 0 aromatic rings. The summed E-state index contributed by atoms with van der Waals surface area (Å²) in [5, 5.41) is 0. The first-order valence-corrected chi connectivity index (χ1v) is 6.69. The molecule has 0 unspecified atom stereocenters. The fraction of sp³-hybridized carbons (Fsp3) is 0.923. The van der Waals surface area contributed by atoms with E-state index in [1.54, 1.807) is 0 Å². The third kappa shape index (κ3) is 2.97. The summed E-state index contributed by atoms with van der Waals surface area (Å²) in [6, 6.07) is 0. The smallest absolute Gasteiger partial charge is 0.338 e. The first kappa shape index (κ1) is 11.9. The number of unbranched alkanes of at least 4 members (excludes halogenated alkanes) is 6. The number of carbonyl (C=O) groups excluding carboxylic acids is 1. The zero-order valence-electron chi connectivity index (χ0n) is 10.1. The molecule has 2 aliphatic heterocycles. The lowest BCUT2D eigenvalue weighted by Crippen LogP contribution is -2.15. The molecule has 0 amide bonds. The van der Waals surface area contributed by atoms with Gasteiger partial charge in [0.2, 0.25) is 0 Å². The van der Waals surface area contributed by atoms with E-state index in [2.05, 4.69) is 6.92 Å². The van der Waals surface area contributed by atoms with Gasteiger partial charge in [0.25, 0.3) is 0 Å². The second-order valence-electron chi connectivity index (χ2n) is 4.91. The molecule has 16 heavy (non-hydrogen) atoms. The molecule has 2 fully saturated rings. The van der Waals surface area contributed by atoms with Gasteiger partial charge in [0.05, 0.1) is 0 Å². The molecular weight excluding hydrogens is 204 g/mol. The third-order valence-electron chi connectivity index (χ3n) is 3.48. The van der Waals surface area contributed by atoms with Gasteiger partial charge in [0, 0.05) is 0 Å². The van der Waals surface area contributed by atoms with Gasteiger partial charge < -0.3 is 9.47 Å². The zero-order valence-corrected chi connectivity index (χ0v) is 10.1. The Balaban J connectivity index is 1.45. The normalized spacial score (nSPS) is 31.3. The van der Waals surface area contributed by atoms with Gasteiger partial charge in [0.15, 0.2) is 6.10 Å². The van der Waals surface area contributed by atoms with E-state index >= 15 is 0 Å². The largest absolute Gasteiger partial charge is 0.457 e. The van der Waals surface area contributed by atoms with Gasteiger partial charge in [-0.05, 0) is 12.8 Å². The number of cyclic esters (lactones) is 1. The maximum Gasteiger partial charge on any atom is 0.338 e. The van der Waals surface area contributed by atoms with E-state index in [1.807, 2.05) is 0 Å². The van der Waals surface area contributed by atoms with Crippen molar-refractivity contribution in [2.75, 3.05) is 0 Å². The van der Waals surface area contributed by atoms with Crippen molar-refractivity contribution < 1.29 is 14.3 Å². The van der Waals surface area contributed by atoms with Gasteiger partial charge in [-0.1, -0.05) is 45.4 Å². The molecule has 2 heterocycles. The Bertz CT molecular complexity index is 239. The van der Waals surface area contributed by atoms with Crippen molar-refractivity contribution >= 4 is 5.97 Å². The highest BCUT2D eigenvalue weighted by Gasteiger charge is 2.58. The summed E-state index contributed by atoms with van der Waals surface area (Å²) in [7, 11) is 0. The molecule has 3 nitrogen and oxygen atoms in total. The standard InChI is InChI=1S/C13H22O3/c1-2-3-4-5-6-7-8-9-10-11-12(16-11)13(14)15-10/h10-12H,2-9H2,1H3/t10-,11-,12-/m1/s1. The summed E-state index contributed by atoms with van der Waals surface area (Å²) in [4.78, 5) is 11.1. The van der Waals surface area contributed by atoms with Gasteiger partial charge in [-0.2, -0.15) is 0 Å². The van der Waals surface area contributed by atoms with Crippen molar-refractivity contribution in [3.8, 4) is 0 Å². The van der Waals surface area contributed by atoms with E-state index in [9.17, 15) is 4.79 Å². The Kier molecular flexibility index (Phi) is 4.22. The summed E-state index contributed by atoms with van der Waals surface area (Å²) in [6.07, 6.45) is 10.1. The summed E-state index contributed by atoms with van der Waals surface area (Å²) >= 11 is 0. The molecule has 0 aromatic heterocycles. The molecule has 2 rings (SSSR count). The lowest BCUT2D eigenvalue weighted by atomic mass is 10.0. The maximum absolute atomic E-state index is 11.1. The summed E-state index contributed by atoms with van der Waals surface area (Å²) < 4.78 is 10.4. The summed E-state index contributed by atoms with van der Waals surface area (Å²) in [6.45, 7) is 2.24. The number of carbonyl (C=O) groups is 1. The number of epoxide rings is 1. The minimum atomic E-state index is -0.199. The average Bonchev–Trinajstić information content (AvgIpc) is 3.01. The lowest BCUT2D eigenvalue weighted by Gasteiger charge is -2.10. The van der Waals surface area contributed by atoms with Crippen LogP contribution < -0.4 is 0 Å². The fourth-order valence-electron chi connectivity index (χ4n) is 2.41. The van der Waals surface area contributed by atoms with Crippen LogP contribution in [0.1, 0.15) is 58.3 Å². The van der Waals surface area contributed by atoms with Gasteiger partial charge in [-0.3, -0.25) is 0 Å². The van der Waals surface area contributed by atoms with E-state index in [0.29, 0.717) is 0 Å². The fourth-order valence-corrected chi connectivity index (χ4v) is 2.41. The number of fused-ring (bicyclic) bond motifs is 1. The quantitative estimate of drug-likeness (QED) is 0.363. The number of esters is 1. The summed E-state index contributed by atoms with van der Waals surface area (Å²) in [5.41, 5.74) is 0. The highest BCUT2D eigenvalue weighted by Crippen LogP contribution is 2.37. The summed E-state index contributed by atoms with van der Waals surface area (Å²) in [5.74, 6) is -0.141. The average molecular weight is 226 g/mol. The number of rotatable bonds is 8. The van der Waals surface area contributed by atoms with E-state index in [4.69, 9.17) is 9.47 Å². The van der Waals surface area contributed by atoms with E-state index in [-0.39, 0.29) is 24.3 Å². The number of ether oxygens (including phenoxy) is 2. The van der Waals surface area contributed by atoms with Crippen LogP contribution >= 0.6 is 0 Å². The van der Waals surface area contributed by atoms with Gasteiger partial charge in [-0.15, -0.1) is 0 Å². The first-order valence-electron chi connectivity index (χ1n) is 6.69. The third-order valence-corrected chi connectivity index (χ3v) is 3.48. The van der Waals surface area contributed by atoms with Crippen molar-refractivity contribution in [2.45, 2.75) is 76.6 Å². The van der Waals surface area contributed by atoms with E-state index in [0.717, 1.165) is 12.8 Å². The topological polar surface area (TPSA) is 38.8 Å². The Morgan fingerprint density at radius 3 is 2.31 bits per heavy atom. The minimum absolute atomic E-state index is 0.0631. The van der Waals surface area contributed by atoms with Gasteiger partial charge in [0.1, 0.15) is 12.2 Å². The van der Waals surface area contributed by atoms with Gasteiger partial charge in [-0.25, -0.2) is 4.79 Å². The molecule has 0 aromatic carbocycles. The van der Waals surface area contributed by atoms with Crippen molar-refractivity contribution in [3.63, 3.8) is 0 Å². The lowest BCUT2D eigenvalue weighted by molar-refractivity contribution is -0.149. The molecule has 3 heteroatoms. The Morgan fingerprint density at radius 1 is 1.06 bits per heavy atom. The van der Waals surface area contributed by atoms with Crippen molar-refractivity contribution in [1.82, 2.24) is 0 Å². The van der Waals surface area contributed by atoms with E-state index in [1.165, 1.54) is 38.5 Å². The Labute approximate surface area is 97.5 Å². The molecule has 0 spiro atoms. The van der Waals surface area contributed by atoms with Gasteiger partial charge >= 0.3 is 5.97 Å². The molecule has 2 aliphatic rings. The second-order valence-corrected chi connectivity index (χ2v) is 4.91. The highest BCUT2D eigenvalue weighted by atomic mass is 16.7. The maximum atomic E-state index is 11.1. The van der Waals surface area contributed by atoms with Crippen molar-refractivity contribution in [3.05, 3.63) is 0 Å². The number of hydrogen-bond donors (Lipinski definition) is 0. The van der Waals surface area contributed by atoms with Crippen LogP contribution in [0.5, 0.6) is 0 Å². The molecule has 2 saturated heterocycles. The van der Waals surface area contributed by atoms with Crippen LogP contribution in [0.25, 0.3) is 0 Å². The van der Waals surface area contributed by atoms with Crippen LogP contribution in [0.4, 0.5) is 0 Å². The molecule has 0 radical (unpaired) electrons. The molecular formula is C13H22O3. The SMILES string of the molecule is CCCCCCCCC[C@H]1OC(=O)[C@@H]2O[C@H]12. The van der Waals surface area contributed by atoms with Crippen LogP contribution in [-0.4, -0.2) is 24.3 Å². The van der Waals surface area contributed by atoms with Crippen LogP contribution in [0.2, 0.25) is 0 Å². The van der Waals surface area contributed by atoms with Crippen molar-refractivity contribution in [1.29, 1.82) is 0 Å². The first-order chi connectivity index (χ1) is 7.83. The molecule has 0 aliphatic carbocycles. The Hall–Kier alpha value is -0.570. The Morgan fingerprint density at radius 2 is 1.75 bits per heavy atom. The zero-order chi connectivity index (χ0) is 11.4. The predicted octanol–water partition coefficient (Wildman–Crippen LogP) is 2.82. The predicted molar refractivity (Wildman–Crippen MR) is 61.2 cm³/mol. The highest BCUT2D eigenvalue weighted by molar-refractivity contribution is 5.81. The van der Waals surface area contributed by atoms with E-state index < -0.39 is 0 Å². The van der Waals surface area contributed by atoms with Crippen LogP contribution in [0.15, 0.2) is 0 Å². The molecule has 92 valence electrons. The number of hydrogen-bond acceptors (Lipinski definition) is 3. The minimum Gasteiger partial charge on any atom is -0.457 e. The molecule has 3 atom stereocenters. The van der Waals surface area contributed by atoms with Crippen LogP contribution in [0.3, 0.4) is 0 Å². The molecule has 0 N–H and O–H groups in total. The molecule has 0 saturated carbocycles. The van der Waals surface area contributed by atoms with Crippen LogP contribution in [0, 0.1) is 0 Å². The van der Waals surface area contributed by atoms with Crippen molar-refractivity contribution in [2.24, 2.45) is 0 Å². The second kappa shape index (κ2) is 5.67.